The molecule has 0 spiro atoms. The summed E-state index contributed by atoms with van der Waals surface area (Å²) in [5.41, 5.74) is 5.76. The largest absolute Gasteiger partial charge is 0.479 e. The van der Waals surface area contributed by atoms with Crippen molar-refractivity contribution in [2.75, 3.05) is 0 Å². The zero-order valence-electron chi connectivity index (χ0n) is 11.5. The summed E-state index contributed by atoms with van der Waals surface area (Å²) in [6.45, 7) is 5.45. The van der Waals surface area contributed by atoms with Gasteiger partial charge in [0, 0.05) is 18.8 Å². The van der Waals surface area contributed by atoms with Crippen LogP contribution in [0, 0.1) is 5.41 Å². The van der Waals surface area contributed by atoms with E-state index in [1.165, 1.54) is 10.9 Å². The lowest BCUT2D eigenvalue weighted by molar-refractivity contribution is -0.142. The fraction of sp³-hybridized carbons (Fsp3) is 0.583. The number of carboxylic acids is 1. The molecule has 0 saturated carbocycles. The number of hydrogen-bond donors (Lipinski definition) is 3. The van der Waals surface area contributed by atoms with Crippen LogP contribution >= 0.6 is 0 Å². The van der Waals surface area contributed by atoms with Crippen LogP contribution in [0.25, 0.3) is 0 Å². The molecule has 7 nitrogen and oxygen atoms in total. The Morgan fingerprint density at radius 3 is 2.42 bits per heavy atom. The number of carbonyl (C=O) groups excluding carboxylic acids is 1. The number of carbonyl (C=O) groups is 2. The van der Waals surface area contributed by atoms with E-state index in [1.807, 2.05) is 20.8 Å². The average molecular weight is 268 g/mol. The van der Waals surface area contributed by atoms with Crippen LogP contribution in [-0.2, 0) is 16.6 Å². The lowest BCUT2D eigenvalue weighted by atomic mass is 9.86. The number of carboxylic acid groups (broad SMARTS) is 1. The number of aryl methyl sites for hydroxylation is 1. The molecule has 0 aliphatic rings. The van der Waals surface area contributed by atoms with Crippen molar-refractivity contribution in [2.24, 2.45) is 18.2 Å². The van der Waals surface area contributed by atoms with Crippen molar-refractivity contribution in [3.05, 3.63) is 18.0 Å². The molecule has 1 aromatic rings. The fourth-order valence-electron chi connectivity index (χ4n) is 1.50. The molecular weight excluding hydrogens is 248 g/mol. The lowest BCUT2D eigenvalue weighted by Crippen LogP contribution is -2.50. The molecule has 1 unspecified atom stereocenters. The summed E-state index contributed by atoms with van der Waals surface area (Å²) < 4.78 is 1.47. The van der Waals surface area contributed by atoms with Crippen molar-refractivity contribution < 1.29 is 14.7 Å². The summed E-state index contributed by atoms with van der Waals surface area (Å²) in [4.78, 5) is 23.2. The lowest BCUT2D eigenvalue weighted by Gasteiger charge is -2.27. The van der Waals surface area contributed by atoms with E-state index in [-0.39, 0.29) is 0 Å². The number of hydrogen-bond acceptors (Lipinski definition) is 4. The highest BCUT2D eigenvalue weighted by Gasteiger charge is 2.31. The molecule has 1 amide bonds. The van der Waals surface area contributed by atoms with E-state index in [1.54, 1.807) is 13.2 Å². The Morgan fingerprint density at radius 1 is 1.47 bits per heavy atom. The van der Waals surface area contributed by atoms with Crippen molar-refractivity contribution >= 4 is 11.9 Å². The van der Waals surface area contributed by atoms with Gasteiger partial charge in [-0.05, 0) is 5.41 Å². The van der Waals surface area contributed by atoms with Crippen LogP contribution in [0.15, 0.2) is 12.4 Å². The van der Waals surface area contributed by atoms with E-state index < -0.39 is 29.4 Å². The molecule has 0 bridgehead atoms. The van der Waals surface area contributed by atoms with Gasteiger partial charge < -0.3 is 16.2 Å². The summed E-state index contributed by atoms with van der Waals surface area (Å²) in [7, 11) is 1.67. The first-order valence-corrected chi connectivity index (χ1v) is 5.90. The van der Waals surface area contributed by atoms with E-state index in [0.29, 0.717) is 5.56 Å². The molecule has 0 aromatic carbocycles. The normalized spacial score (nSPS) is 14.8. The molecule has 19 heavy (non-hydrogen) atoms. The predicted octanol–water partition coefficient (Wildman–Crippen LogP) is 0.0354. The Morgan fingerprint density at radius 2 is 2.05 bits per heavy atom. The fourth-order valence-corrected chi connectivity index (χ4v) is 1.50. The molecule has 0 fully saturated rings. The summed E-state index contributed by atoms with van der Waals surface area (Å²) in [5, 5.41) is 15.5. The SMILES string of the molecule is Cn1cc(C(NC(=O)[C@@H](N)C(C)(C)C)C(=O)O)cn1. The molecular formula is C12H20N4O3. The molecule has 1 rings (SSSR count). The van der Waals surface area contributed by atoms with Gasteiger partial charge in [-0.1, -0.05) is 20.8 Å². The van der Waals surface area contributed by atoms with E-state index in [9.17, 15) is 14.7 Å². The highest BCUT2D eigenvalue weighted by molar-refractivity contribution is 5.87. The van der Waals surface area contributed by atoms with Gasteiger partial charge in [0.25, 0.3) is 0 Å². The molecule has 0 saturated heterocycles. The van der Waals surface area contributed by atoms with Gasteiger partial charge >= 0.3 is 5.97 Å². The van der Waals surface area contributed by atoms with Crippen molar-refractivity contribution in [3.63, 3.8) is 0 Å². The van der Waals surface area contributed by atoms with Crippen LogP contribution in [0.4, 0.5) is 0 Å². The molecule has 0 aliphatic carbocycles. The van der Waals surface area contributed by atoms with Gasteiger partial charge in [0.1, 0.15) is 0 Å². The predicted molar refractivity (Wildman–Crippen MR) is 69.2 cm³/mol. The maximum absolute atomic E-state index is 12.0. The third-order valence-electron chi connectivity index (χ3n) is 2.81. The number of aliphatic carboxylic acids is 1. The maximum Gasteiger partial charge on any atom is 0.331 e. The quantitative estimate of drug-likeness (QED) is 0.714. The number of nitrogens with zero attached hydrogens (tertiary/aromatic N) is 2. The van der Waals surface area contributed by atoms with Crippen LogP contribution in [0.5, 0.6) is 0 Å². The second-order valence-corrected chi connectivity index (χ2v) is 5.57. The monoisotopic (exact) mass is 268 g/mol. The molecule has 1 aromatic heterocycles. The molecule has 106 valence electrons. The first kappa shape index (κ1) is 15.2. The Balaban J connectivity index is 2.87. The van der Waals surface area contributed by atoms with Crippen LogP contribution in [0.3, 0.4) is 0 Å². The number of nitrogens with two attached hydrogens (primary N) is 1. The van der Waals surface area contributed by atoms with Gasteiger partial charge in [-0.25, -0.2) is 4.79 Å². The minimum Gasteiger partial charge on any atom is -0.479 e. The minimum absolute atomic E-state index is 0.407. The zero-order valence-corrected chi connectivity index (χ0v) is 11.5. The summed E-state index contributed by atoms with van der Waals surface area (Å²) in [6, 6.07) is -1.93. The molecule has 4 N–H and O–H groups in total. The summed E-state index contributed by atoms with van der Waals surface area (Å²) in [6.07, 6.45) is 2.95. The molecule has 1 heterocycles. The molecule has 2 atom stereocenters. The Hall–Kier alpha value is -1.89. The van der Waals surface area contributed by atoms with Crippen LogP contribution < -0.4 is 11.1 Å². The van der Waals surface area contributed by atoms with Crippen molar-refractivity contribution in [1.82, 2.24) is 15.1 Å². The number of amides is 1. The second-order valence-electron chi connectivity index (χ2n) is 5.57. The van der Waals surface area contributed by atoms with Gasteiger partial charge in [0.15, 0.2) is 6.04 Å². The Kier molecular flexibility index (Phi) is 4.31. The summed E-state index contributed by atoms with van der Waals surface area (Å²) in [5.74, 6) is -1.65. The van der Waals surface area contributed by atoms with Crippen LogP contribution in [0.2, 0.25) is 0 Å². The minimum atomic E-state index is -1.15. The van der Waals surface area contributed by atoms with E-state index in [2.05, 4.69) is 10.4 Å². The molecule has 7 heteroatoms. The summed E-state index contributed by atoms with van der Waals surface area (Å²) >= 11 is 0. The van der Waals surface area contributed by atoms with E-state index in [4.69, 9.17) is 5.73 Å². The van der Waals surface area contributed by atoms with E-state index >= 15 is 0 Å². The van der Waals surface area contributed by atoms with E-state index in [0.717, 1.165) is 0 Å². The van der Waals surface area contributed by atoms with Crippen molar-refractivity contribution in [1.29, 1.82) is 0 Å². The van der Waals surface area contributed by atoms with Crippen molar-refractivity contribution in [2.45, 2.75) is 32.9 Å². The van der Waals surface area contributed by atoms with Crippen molar-refractivity contribution in [3.8, 4) is 0 Å². The third kappa shape index (κ3) is 3.78. The molecule has 0 radical (unpaired) electrons. The third-order valence-corrected chi connectivity index (χ3v) is 2.81. The van der Waals surface area contributed by atoms with Gasteiger partial charge in [-0.2, -0.15) is 5.10 Å². The number of aromatic nitrogens is 2. The van der Waals surface area contributed by atoms with Crippen LogP contribution in [-0.4, -0.2) is 32.8 Å². The smallest absolute Gasteiger partial charge is 0.331 e. The van der Waals surface area contributed by atoms with Crippen LogP contribution in [0.1, 0.15) is 32.4 Å². The van der Waals surface area contributed by atoms with Gasteiger partial charge in [0.05, 0.1) is 12.2 Å². The first-order chi connectivity index (χ1) is 8.62. The highest BCUT2D eigenvalue weighted by atomic mass is 16.4. The second kappa shape index (κ2) is 5.40. The van der Waals surface area contributed by atoms with Gasteiger partial charge in [-0.3, -0.25) is 9.48 Å². The Bertz CT molecular complexity index is 476. The average Bonchev–Trinajstić information content (AvgIpc) is 2.69. The standard InChI is InChI=1S/C12H20N4O3/c1-12(2,3)9(13)10(17)15-8(11(18)19)7-5-14-16(4)6-7/h5-6,8-9H,13H2,1-4H3,(H,15,17)(H,18,19)/t8?,9-/m1/s1. The van der Waals surface area contributed by atoms with Gasteiger partial charge in [0.2, 0.25) is 5.91 Å². The highest BCUT2D eigenvalue weighted by Crippen LogP contribution is 2.19. The topological polar surface area (TPSA) is 110 Å². The Labute approximate surface area is 111 Å². The van der Waals surface area contributed by atoms with Gasteiger partial charge in [-0.15, -0.1) is 0 Å². The first-order valence-electron chi connectivity index (χ1n) is 5.90. The number of nitrogens with one attached hydrogen (secondary N) is 1. The maximum atomic E-state index is 12.0. The molecule has 0 aliphatic heterocycles. The number of rotatable bonds is 4. The zero-order chi connectivity index (χ0) is 14.8.